The molecule has 0 unspecified atom stereocenters. The van der Waals surface area contributed by atoms with Gasteiger partial charge in [-0.15, -0.1) is 10.2 Å². The fourth-order valence-electron chi connectivity index (χ4n) is 3.75. The largest absolute Gasteiger partial charge is 0.368 e. The van der Waals surface area contributed by atoms with Gasteiger partial charge in [-0.1, -0.05) is 18.2 Å². The van der Waals surface area contributed by atoms with Crippen LogP contribution >= 0.6 is 0 Å². The van der Waals surface area contributed by atoms with Crippen LogP contribution in [0.1, 0.15) is 34.6 Å². The number of carbonyl (C=O) groups excluding carboxylic acids is 1. The van der Waals surface area contributed by atoms with Crippen LogP contribution in [0.5, 0.6) is 0 Å². The van der Waals surface area contributed by atoms with Crippen molar-refractivity contribution in [2.45, 2.75) is 26.7 Å². The molecule has 29 heavy (non-hydrogen) atoms. The van der Waals surface area contributed by atoms with Crippen molar-refractivity contribution in [3.05, 3.63) is 65.5 Å². The maximum Gasteiger partial charge on any atom is 0.253 e. The van der Waals surface area contributed by atoms with Crippen LogP contribution in [0.2, 0.25) is 0 Å². The minimum atomic E-state index is 0.127. The highest BCUT2D eigenvalue weighted by atomic mass is 16.2. The van der Waals surface area contributed by atoms with Crippen LogP contribution in [-0.4, -0.2) is 50.4 Å². The third kappa shape index (κ3) is 4.45. The third-order valence-electron chi connectivity index (χ3n) is 5.37. The molecule has 1 aromatic carbocycles. The minimum absolute atomic E-state index is 0.127. The summed E-state index contributed by atoms with van der Waals surface area (Å²) < 4.78 is 1.80. The van der Waals surface area contributed by atoms with Gasteiger partial charge < -0.3 is 10.2 Å². The summed E-state index contributed by atoms with van der Waals surface area (Å²) in [5.74, 6) is 2.13. The maximum absolute atomic E-state index is 12.5. The van der Waals surface area contributed by atoms with Crippen LogP contribution in [0.3, 0.4) is 0 Å². The number of likely N-dealkylation sites (tertiary alicyclic amines) is 1. The van der Waals surface area contributed by atoms with E-state index in [0.717, 1.165) is 55.2 Å². The highest BCUT2D eigenvalue weighted by Crippen LogP contribution is 2.20. The van der Waals surface area contributed by atoms with Gasteiger partial charge in [-0.2, -0.15) is 5.10 Å². The fraction of sp³-hybridized carbons (Fsp3) is 0.364. The third-order valence-corrected chi connectivity index (χ3v) is 5.37. The fourth-order valence-corrected chi connectivity index (χ4v) is 3.75. The van der Waals surface area contributed by atoms with Crippen molar-refractivity contribution in [1.29, 1.82) is 0 Å². The Bertz CT molecular complexity index is 959. The monoisotopic (exact) mass is 390 g/mol. The summed E-state index contributed by atoms with van der Waals surface area (Å²) in [5.41, 5.74) is 2.76. The molecular formula is C22H26N6O. The molecule has 1 fully saturated rings. The van der Waals surface area contributed by atoms with Crippen molar-refractivity contribution >= 4 is 11.7 Å². The van der Waals surface area contributed by atoms with E-state index in [0.29, 0.717) is 11.7 Å². The molecule has 0 aliphatic carbocycles. The first-order valence-corrected chi connectivity index (χ1v) is 10.1. The van der Waals surface area contributed by atoms with Gasteiger partial charge in [0, 0.05) is 30.9 Å². The Morgan fingerprint density at radius 2 is 1.83 bits per heavy atom. The second-order valence-electron chi connectivity index (χ2n) is 7.60. The number of aromatic nitrogens is 4. The predicted octanol–water partition coefficient (Wildman–Crippen LogP) is 3.24. The molecule has 1 N–H and O–H groups in total. The van der Waals surface area contributed by atoms with Gasteiger partial charge in [-0.25, -0.2) is 4.68 Å². The van der Waals surface area contributed by atoms with E-state index in [1.807, 2.05) is 67.3 Å². The quantitative estimate of drug-likeness (QED) is 0.724. The number of anilines is 1. The van der Waals surface area contributed by atoms with E-state index in [1.165, 1.54) is 0 Å². The number of aryl methyl sites for hydroxylation is 2. The molecule has 0 bridgehead atoms. The van der Waals surface area contributed by atoms with Crippen LogP contribution in [0.25, 0.3) is 5.82 Å². The first-order valence-electron chi connectivity index (χ1n) is 10.1. The van der Waals surface area contributed by atoms with Gasteiger partial charge in [0.25, 0.3) is 5.91 Å². The minimum Gasteiger partial charge on any atom is -0.368 e. The number of piperidine rings is 1. The van der Waals surface area contributed by atoms with E-state index < -0.39 is 0 Å². The predicted molar refractivity (Wildman–Crippen MR) is 112 cm³/mol. The molecule has 0 radical (unpaired) electrons. The molecule has 1 saturated heterocycles. The normalized spacial score (nSPS) is 14.8. The lowest BCUT2D eigenvalue weighted by Gasteiger charge is -2.32. The first kappa shape index (κ1) is 19.1. The van der Waals surface area contributed by atoms with E-state index in [-0.39, 0.29) is 5.91 Å². The molecule has 0 saturated carbocycles. The molecule has 0 spiro atoms. The van der Waals surface area contributed by atoms with Crippen molar-refractivity contribution < 1.29 is 4.79 Å². The summed E-state index contributed by atoms with van der Waals surface area (Å²) in [6.07, 6.45) is 1.98. The lowest BCUT2D eigenvalue weighted by Crippen LogP contribution is -2.39. The highest BCUT2D eigenvalue weighted by Gasteiger charge is 2.23. The second kappa shape index (κ2) is 8.43. The zero-order valence-electron chi connectivity index (χ0n) is 16.9. The zero-order chi connectivity index (χ0) is 20.2. The molecule has 1 aliphatic rings. The summed E-state index contributed by atoms with van der Waals surface area (Å²) in [4.78, 5) is 14.5. The van der Waals surface area contributed by atoms with Crippen molar-refractivity contribution in [1.82, 2.24) is 24.9 Å². The van der Waals surface area contributed by atoms with E-state index in [2.05, 4.69) is 20.6 Å². The van der Waals surface area contributed by atoms with Crippen molar-refractivity contribution in [2.75, 3.05) is 25.0 Å². The first-order chi connectivity index (χ1) is 14.1. The second-order valence-corrected chi connectivity index (χ2v) is 7.60. The van der Waals surface area contributed by atoms with Gasteiger partial charge in [0.1, 0.15) is 5.82 Å². The number of nitrogens with zero attached hydrogens (tertiary/aromatic N) is 5. The van der Waals surface area contributed by atoms with Gasteiger partial charge >= 0.3 is 0 Å². The van der Waals surface area contributed by atoms with Crippen LogP contribution in [0, 0.1) is 19.8 Å². The summed E-state index contributed by atoms with van der Waals surface area (Å²) in [6, 6.07) is 15.4. The molecule has 150 valence electrons. The molecular weight excluding hydrogens is 364 g/mol. The lowest BCUT2D eigenvalue weighted by atomic mass is 9.96. The van der Waals surface area contributed by atoms with Crippen LogP contribution < -0.4 is 5.32 Å². The Morgan fingerprint density at radius 3 is 2.45 bits per heavy atom. The molecule has 4 rings (SSSR count). The summed E-state index contributed by atoms with van der Waals surface area (Å²) in [6.45, 7) is 6.39. The highest BCUT2D eigenvalue weighted by molar-refractivity contribution is 5.94. The van der Waals surface area contributed by atoms with E-state index in [1.54, 1.807) is 4.68 Å². The molecule has 3 aromatic rings. The Hall–Kier alpha value is -3.22. The molecule has 7 heteroatoms. The smallest absolute Gasteiger partial charge is 0.253 e. The number of rotatable bonds is 5. The summed E-state index contributed by atoms with van der Waals surface area (Å²) in [5, 5.41) is 16.4. The van der Waals surface area contributed by atoms with E-state index in [4.69, 9.17) is 0 Å². The molecule has 1 amide bonds. The van der Waals surface area contributed by atoms with Crippen molar-refractivity contribution in [2.24, 2.45) is 5.92 Å². The van der Waals surface area contributed by atoms with Gasteiger partial charge in [0.05, 0.1) is 5.69 Å². The van der Waals surface area contributed by atoms with Gasteiger partial charge in [0.2, 0.25) is 0 Å². The number of benzene rings is 1. The molecule has 3 heterocycles. The Morgan fingerprint density at radius 1 is 1.07 bits per heavy atom. The molecule has 2 aromatic heterocycles. The Balaban J connectivity index is 1.27. The summed E-state index contributed by atoms with van der Waals surface area (Å²) in [7, 11) is 0. The van der Waals surface area contributed by atoms with Gasteiger partial charge in [0.15, 0.2) is 5.82 Å². The number of carbonyl (C=O) groups is 1. The van der Waals surface area contributed by atoms with Crippen LogP contribution in [0.4, 0.5) is 5.82 Å². The van der Waals surface area contributed by atoms with Crippen molar-refractivity contribution in [3.63, 3.8) is 0 Å². The van der Waals surface area contributed by atoms with Crippen LogP contribution in [0.15, 0.2) is 48.5 Å². The zero-order valence-corrected chi connectivity index (χ0v) is 16.9. The Labute approximate surface area is 170 Å². The number of hydrogen-bond acceptors (Lipinski definition) is 5. The Kier molecular flexibility index (Phi) is 5.55. The molecule has 0 atom stereocenters. The number of hydrogen-bond donors (Lipinski definition) is 1. The van der Waals surface area contributed by atoms with Gasteiger partial charge in [-0.05, 0) is 62.9 Å². The number of amides is 1. The molecule has 7 nitrogen and oxygen atoms in total. The van der Waals surface area contributed by atoms with Crippen molar-refractivity contribution in [3.8, 4) is 5.82 Å². The van der Waals surface area contributed by atoms with E-state index >= 15 is 0 Å². The molecule has 1 aliphatic heterocycles. The van der Waals surface area contributed by atoms with E-state index in [9.17, 15) is 4.79 Å². The lowest BCUT2D eigenvalue weighted by molar-refractivity contribution is 0.0695. The topological polar surface area (TPSA) is 75.9 Å². The average molecular weight is 390 g/mol. The van der Waals surface area contributed by atoms with Crippen LogP contribution in [-0.2, 0) is 0 Å². The standard InChI is InChI=1S/C22H26N6O/c1-16-14-17(2)28(26-16)21-9-8-20(24-25-21)23-15-18-10-12-27(13-11-18)22(29)19-6-4-3-5-7-19/h3-9,14,18H,10-13,15H2,1-2H3,(H,23,24). The summed E-state index contributed by atoms with van der Waals surface area (Å²) >= 11 is 0. The average Bonchev–Trinajstić information content (AvgIpc) is 3.11. The SMILES string of the molecule is Cc1cc(C)n(-c2ccc(NCC3CCN(C(=O)c4ccccc4)CC3)nn2)n1. The van der Waals surface area contributed by atoms with Gasteiger partial charge in [-0.3, -0.25) is 4.79 Å². The maximum atomic E-state index is 12.5. The number of nitrogens with one attached hydrogen (secondary N) is 1.